The molecule has 0 N–H and O–H groups in total. The highest BCUT2D eigenvalue weighted by molar-refractivity contribution is 5.78. The van der Waals surface area contributed by atoms with Gasteiger partial charge in [0.1, 0.15) is 5.75 Å². The topological polar surface area (TPSA) is 26.3 Å². The fourth-order valence-corrected chi connectivity index (χ4v) is 1.23. The SMILES string of the molecule is Cc1ccc(C)c(OC(=O)C(F)(F)F)c1C. The lowest BCUT2D eigenvalue weighted by Crippen LogP contribution is -2.28. The van der Waals surface area contributed by atoms with Crippen molar-refractivity contribution in [2.45, 2.75) is 26.9 Å². The van der Waals surface area contributed by atoms with Gasteiger partial charge in [-0.1, -0.05) is 12.1 Å². The molecule has 0 radical (unpaired) electrons. The number of aryl methyl sites for hydroxylation is 2. The molecule has 5 heteroatoms. The summed E-state index contributed by atoms with van der Waals surface area (Å²) in [5.74, 6) is -2.20. The summed E-state index contributed by atoms with van der Waals surface area (Å²) >= 11 is 0. The van der Waals surface area contributed by atoms with Crippen molar-refractivity contribution >= 4 is 5.97 Å². The molecule has 0 saturated heterocycles. The third-order valence-corrected chi connectivity index (χ3v) is 2.30. The molecule has 0 heterocycles. The molecule has 16 heavy (non-hydrogen) atoms. The summed E-state index contributed by atoms with van der Waals surface area (Å²) in [4.78, 5) is 10.7. The van der Waals surface area contributed by atoms with Crippen molar-refractivity contribution in [3.8, 4) is 5.75 Å². The first-order valence-corrected chi connectivity index (χ1v) is 4.59. The highest BCUT2D eigenvalue weighted by atomic mass is 19.4. The van der Waals surface area contributed by atoms with Crippen LogP contribution < -0.4 is 4.74 Å². The van der Waals surface area contributed by atoms with Gasteiger partial charge in [0.15, 0.2) is 0 Å². The fraction of sp³-hybridized carbons (Fsp3) is 0.364. The van der Waals surface area contributed by atoms with Crippen LogP contribution in [0, 0.1) is 20.8 Å². The van der Waals surface area contributed by atoms with Crippen LogP contribution in [0.15, 0.2) is 12.1 Å². The molecule has 0 saturated carbocycles. The third-order valence-electron chi connectivity index (χ3n) is 2.30. The average molecular weight is 232 g/mol. The average Bonchev–Trinajstić information content (AvgIpc) is 2.17. The monoisotopic (exact) mass is 232 g/mol. The Morgan fingerprint density at radius 2 is 1.62 bits per heavy atom. The lowest BCUT2D eigenvalue weighted by molar-refractivity contribution is -0.189. The number of halogens is 3. The van der Waals surface area contributed by atoms with E-state index in [0.717, 1.165) is 5.56 Å². The number of rotatable bonds is 1. The third kappa shape index (κ3) is 2.53. The first kappa shape index (κ1) is 12.5. The zero-order valence-electron chi connectivity index (χ0n) is 9.11. The van der Waals surface area contributed by atoms with Crippen molar-refractivity contribution in [1.29, 1.82) is 0 Å². The second-order valence-electron chi connectivity index (χ2n) is 3.54. The Hall–Kier alpha value is -1.52. The number of esters is 1. The smallest absolute Gasteiger partial charge is 0.419 e. The Morgan fingerprint density at radius 3 is 2.12 bits per heavy atom. The zero-order valence-corrected chi connectivity index (χ0v) is 9.11. The van der Waals surface area contributed by atoms with Gasteiger partial charge in [0.2, 0.25) is 0 Å². The van der Waals surface area contributed by atoms with Gasteiger partial charge in [-0.2, -0.15) is 13.2 Å². The molecule has 0 aliphatic heterocycles. The maximum absolute atomic E-state index is 12.0. The molecule has 0 bridgehead atoms. The zero-order chi connectivity index (χ0) is 12.5. The predicted molar refractivity (Wildman–Crippen MR) is 52.3 cm³/mol. The Morgan fingerprint density at radius 1 is 1.12 bits per heavy atom. The maximum atomic E-state index is 12.0. The van der Waals surface area contributed by atoms with Crippen LogP contribution in [0.2, 0.25) is 0 Å². The lowest BCUT2D eigenvalue weighted by atomic mass is 10.1. The van der Waals surface area contributed by atoms with Gasteiger partial charge >= 0.3 is 12.1 Å². The molecule has 0 aromatic heterocycles. The van der Waals surface area contributed by atoms with Crippen LogP contribution in [-0.4, -0.2) is 12.1 Å². The van der Waals surface area contributed by atoms with Gasteiger partial charge in [0.25, 0.3) is 0 Å². The number of carbonyl (C=O) groups excluding carboxylic acids is 1. The number of alkyl halides is 3. The maximum Gasteiger partial charge on any atom is 0.491 e. The van der Waals surface area contributed by atoms with Crippen LogP contribution in [0.4, 0.5) is 13.2 Å². The van der Waals surface area contributed by atoms with Gasteiger partial charge in [0, 0.05) is 0 Å². The van der Waals surface area contributed by atoms with E-state index >= 15 is 0 Å². The molecular formula is C11H11F3O2. The van der Waals surface area contributed by atoms with Gasteiger partial charge in [-0.05, 0) is 37.5 Å². The number of hydrogen-bond acceptors (Lipinski definition) is 2. The van der Waals surface area contributed by atoms with E-state index in [1.54, 1.807) is 32.9 Å². The van der Waals surface area contributed by atoms with E-state index in [9.17, 15) is 18.0 Å². The minimum atomic E-state index is -4.97. The number of carbonyl (C=O) groups is 1. The van der Waals surface area contributed by atoms with Crippen molar-refractivity contribution in [3.05, 3.63) is 28.8 Å². The van der Waals surface area contributed by atoms with Crippen molar-refractivity contribution in [2.75, 3.05) is 0 Å². The molecule has 1 aromatic carbocycles. The van der Waals surface area contributed by atoms with E-state index in [2.05, 4.69) is 4.74 Å². The minimum absolute atomic E-state index is 0.0117. The lowest BCUT2D eigenvalue weighted by Gasteiger charge is -2.13. The standard InChI is InChI=1S/C11H11F3O2/c1-6-4-5-7(2)9(8(6)3)16-10(15)11(12,13)14/h4-5H,1-3H3. The van der Waals surface area contributed by atoms with Gasteiger partial charge in [-0.3, -0.25) is 0 Å². The van der Waals surface area contributed by atoms with Crippen molar-refractivity contribution in [1.82, 2.24) is 0 Å². The number of hydrogen-bond donors (Lipinski definition) is 0. The molecular weight excluding hydrogens is 221 g/mol. The Labute approximate surface area is 91.0 Å². The molecule has 0 fully saturated rings. The molecule has 0 atom stereocenters. The van der Waals surface area contributed by atoms with Crippen molar-refractivity contribution < 1.29 is 22.7 Å². The summed E-state index contributed by atoms with van der Waals surface area (Å²) in [6.45, 7) is 4.94. The fourth-order valence-electron chi connectivity index (χ4n) is 1.23. The van der Waals surface area contributed by atoms with E-state index in [-0.39, 0.29) is 5.75 Å². The number of ether oxygens (including phenoxy) is 1. The molecule has 88 valence electrons. The van der Waals surface area contributed by atoms with Crippen LogP contribution >= 0.6 is 0 Å². The molecule has 0 spiro atoms. The Kier molecular flexibility index (Phi) is 3.26. The first-order valence-electron chi connectivity index (χ1n) is 4.59. The van der Waals surface area contributed by atoms with Gasteiger partial charge in [0.05, 0.1) is 0 Å². The summed E-state index contributed by atoms with van der Waals surface area (Å²) < 4.78 is 40.4. The van der Waals surface area contributed by atoms with Crippen molar-refractivity contribution in [3.63, 3.8) is 0 Å². The minimum Gasteiger partial charge on any atom is -0.419 e. The van der Waals surface area contributed by atoms with Gasteiger partial charge in [-0.25, -0.2) is 4.79 Å². The molecule has 1 rings (SSSR count). The Balaban J connectivity index is 3.07. The summed E-state index contributed by atoms with van der Waals surface area (Å²) in [7, 11) is 0. The van der Waals surface area contributed by atoms with Crippen LogP contribution in [-0.2, 0) is 4.79 Å². The summed E-state index contributed by atoms with van der Waals surface area (Å²) in [5.41, 5.74) is 1.81. The van der Waals surface area contributed by atoms with Crippen LogP contribution in [0.5, 0.6) is 5.75 Å². The summed E-state index contributed by atoms with van der Waals surface area (Å²) in [6.07, 6.45) is -4.97. The quantitative estimate of drug-likeness (QED) is 0.549. The molecule has 0 aliphatic rings. The molecule has 1 aromatic rings. The van der Waals surface area contributed by atoms with E-state index in [1.165, 1.54) is 0 Å². The molecule has 0 amide bonds. The van der Waals surface area contributed by atoms with Crippen LogP contribution in [0.3, 0.4) is 0 Å². The second kappa shape index (κ2) is 4.15. The van der Waals surface area contributed by atoms with E-state index < -0.39 is 12.1 Å². The molecule has 2 nitrogen and oxygen atoms in total. The molecule has 0 aliphatic carbocycles. The normalized spacial score (nSPS) is 11.4. The summed E-state index contributed by atoms with van der Waals surface area (Å²) in [6, 6.07) is 3.37. The molecule has 0 unspecified atom stereocenters. The van der Waals surface area contributed by atoms with Gasteiger partial charge < -0.3 is 4.74 Å². The van der Waals surface area contributed by atoms with Gasteiger partial charge in [-0.15, -0.1) is 0 Å². The van der Waals surface area contributed by atoms with E-state index in [0.29, 0.717) is 11.1 Å². The number of benzene rings is 1. The highest BCUT2D eigenvalue weighted by Gasteiger charge is 2.41. The largest absolute Gasteiger partial charge is 0.491 e. The van der Waals surface area contributed by atoms with Crippen molar-refractivity contribution in [2.24, 2.45) is 0 Å². The van der Waals surface area contributed by atoms with Crippen LogP contribution in [0.1, 0.15) is 16.7 Å². The highest BCUT2D eigenvalue weighted by Crippen LogP contribution is 2.28. The van der Waals surface area contributed by atoms with E-state index in [4.69, 9.17) is 0 Å². The summed E-state index contributed by atoms with van der Waals surface area (Å²) in [5, 5.41) is 0. The second-order valence-corrected chi connectivity index (χ2v) is 3.54. The Bertz CT molecular complexity index is 422. The van der Waals surface area contributed by atoms with E-state index in [1.807, 2.05) is 0 Å². The van der Waals surface area contributed by atoms with Crippen LogP contribution in [0.25, 0.3) is 0 Å². The first-order chi connectivity index (χ1) is 7.23. The predicted octanol–water partition coefficient (Wildman–Crippen LogP) is 3.08.